The first-order valence-electron chi connectivity index (χ1n) is 9.06. The largest absolute Gasteiger partial charge is 0.345 e. The molecule has 0 bridgehead atoms. The normalized spacial score (nSPS) is 12.7. The van der Waals surface area contributed by atoms with Gasteiger partial charge in [-0.3, -0.25) is 9.59 Å². The van der Waals surface area contributed by atoms with Crippen LogP contribution in [-0.2, 0) is 16.6 Å². The van der Waals surface area contributed by atoms with Crippen molar-refractivity contribution in [1.29, 1.82) is 0 Å². The molecule has 152 valence electrons. The molecule has 1 atom stereocenters. The Kier molecular flexibility index (Phi) is 5.54. The highest BCUT2D eigenvalue weighted by Crippen LogP contribution is 2.17. The number of nitrogens with zero attached hydrogens (tertiary/aromatic N) is 2. The van der Waals surface area contributed by atoms with Crippen molar-refractivity contribution >= 4 is 27.0 Å². The van der Waals surface area contributed by atoms with E-state index in [0.717, 1.165) is 5.69 Å². The maximum atomic E-state index is 12.8. The van der Waals surface area contributed by atoms with Gasteiger partial charge >= 0.3 is 0 Å². The van der Waals surface area contributed by atoms with E-state index in [-0.39, 0.29) is 15.9 Å². The molecule has 0 spiro atoms. The van der Waals surface area contributed by atoms with Crippen LogP contribution in [0.15, 0.2) is 52.3 Å². The van der Waals surface area contributed by atoms with Gasteiger partial charge in [0.2, 0.25) is 15.5 Å². The first kappa shape index (κ1) is 20.7. The number of aryl methyl sites for hydroxylation is 2. The first-order chi connectivity index (χ1) is 13.6. The third kappa shape index (κ3) is 4.20. The topological polar surface area (TPSA) is 124 Å². The summed E-state index contributed by atoms with van der Waals surface area (Å²) in [6.07, 6.45) is 1.52. The average Bonchev–Trinajstić information content (AvgIpc) is 2.67. The maximum absolute atomic E-state index is 12.8. The van der Waals surface area contributed by atoms with E-state index in [9.17, 15) is 18.0 Å². The molecular formula is C20H22N4O4S. The quantitative estimate of drug-likeness (QED) is 0.659. The highest BCUT2D eigenvalue weighted by Gasteiger charge is 2.18. The van der Waals surface area contributed by atoms with Gasteiger partial charge in [-0.1, -0.05) is 12.1 Å². The lowest BCUT2D eigenvalue weighted by Gasteiger charge is -2.16. The number of amides is 1. The molecule has 2 aromatic heterocycles. The molecule has 9 heteroatoms. The molecule has 2 heterocycles. The smallest absolute Gasteiger partial charge is 0.257 e. The number of carbonyl (C=O) groups excluding carboxylic acids is 1. The van der Waals surface area contributed by atoms with Gasteiger partial charge in [-0.25, -0.2) is 18.5 Å². The van der Waals surface area contributed by atoms with Crippen LogP contribution in [0.5, 0.6) is 0 Å². The number of primary sulfonamides is 1. The minimum absolute atomic E-state index is 0.0112. The third-order valence-corrected chi connectivity index (χ3v) is 5.63. The van der Waals surface area contributed by atoms with Crippen molar-refractivity contribution in [3.63, 3.8) is 0 Å². The Labute approximate surface area is 168 Å². The van der Waals surface area contributed by atoms with Crippen LogP contribution in [0.4, 0.5) is 0 Å². The molecule has 1 amide bonds. The minimum atomic E-state index is -3.79. The zero-order chi connectivity index (χ0) is 21.3. The molecule has 8 nitrogen and oxygen atoms in total. The molecule has 0 aliphatic heterocycles. The van der Waals surface area contributed by atoms with E-state index in [1.165, 1.54) is 18.3 Å². The molecule has 0 unspecified atom stereocenters. The van der Waals surface area contributed by atoms with E-state index in [1.54, 1.807) is 35.8 Å². The fourth-order valence-corrected chi connectivity index (χ4v) is 3.58. The maximum Gasteiger partial charge on any atom is 0.257 e. The zero-order valence-electron chi connectivity index (χ0n) is 16.3. The van der Waals surface area contributed by atoms with Crippen molar-refractivity contribution in [3.8, 4) is 0 Å². The lowest BCUT2D eigenvalue weighted by molar-refractivity contribution is 0.0938. The van der Waals surface area contributed by atoms with Crippen molar-refractivity contribution in [1.82, 2.24) is 14.9 Å². The Morgan fingerprint density at radius 3 is 2.45 bits per heavy atom. The van der Waals surface area contributed by atoms with Gasteiger partial charge in [0.1, 0.15) is 11.2 Å². The summed E-state index contributed by atoms with van der Waals surface area (Å²) >= 11 is 0. The van der Waals surface area contributed by atoms with Crippen LogP contribution in [0.2, 0.25) is 0 Å². The zero-order valence-corrected chi connectivity index (χ0v) is 17.2. The van der Waals surface area contributed by atoms with Crippen molar-refractivity contribution < 1.29 is 13.2 Å². The predicted molar refractivity (Wildman–Crippen MR) is 110 cm³/mol. The lowest BCUT2D eigenvalue weighted by Crippen LogP contribution is -2.32. The number of fused-ring (bicyclic) bond motifs is 1. The van der Waals surface area contributed by atoms with Crippen LogP contribution in [0.25, 0.3) is 11.0 Å². The molecule has 3 aromatic rings. The summed E-state index contributed by atoms with van der Waals surface area (Å²) in [5, 5.41) is 8.27. The van der Waals surface area contributed by atoms with E-state index < -0.39 is 22.0 Å². The fraction of sp³-hybridized carbons (Fsp3) is 0.250. The number of pyridine rings is 2. The van der Waals surface area contributed by atoms with E-state index in [0.29, 0.717) is 23.1 Å². The van der Waals surface area contributed by atoms with E-state index in [4.69, 9.17) is 5.14 Å². The average molecular weight is 414 g/mol. The number of rotatable bonds is 5. The van der Waals surface area contributed by atoms with E-state index >= 15 is 0 Å². The Morgan fingerprint density at radius 1 is 1.21 bits per heavy atom. The molecule has 0 saturated heterocycles. The second-order valence-electron chi connectivity index (χ2n) is 6.79. The van der Waals surface area contributed by atoms with Gasteiger partial charge in [0.05, 0.1) is 16.3 Å². The number of carbonyl (C=O) groups is 1. The molecule has 0 aliphatic carbocycles. The molecular weight excluding hydrogens is 392 g/mol. The van der Waals surface area contributed by atoms with Gasteiger partial charge in [-0.2, -0.15) is 0 Å². The number of nitrogens with one attached hydrogen (secondary N) is 1. The Morgan fingerprint density at radius 2 is 1.86 bits per heavy atom. The fourth-order valence-electron chi connectivity index (χ4n) is 3.07. The molecule has 3 N–H and O–H groups in total. The van der Waals surface area contributed by atoms with Crippen LogP contribution < -0.4 is 15.9 Å². The van der Waals surface area contributed by atoms with Crippen molar-refractivity contribution in [2.45, 2.75) is 38.3 Å². The summed E-state index contributed by atoms with van der Waals surface area (Å²) in [5.41, 5.74) is 1.65. The second kappa shape index (κ2) is 7.76. The number of aromatic nitrogens is 2. The van der Waals surface area contributed by atoms with Crippen LogP contribution in [0.3, 0.4) is 0 Å². The second-order valence-corrected chi connectivity index (χ2v) is 8.35. The number of nitrogens with two attached hydrogens (primary N) is 1. The third-order valence-electron chi connectivity index (χ3n) is 4.70. The lowest BCUT2D eigenvalue weighted by atomic mass is 10.1. The van der Waals surface area contributed by atoms with Crippen molar-refractivity contribution in [2.75, 3.05) is 0 Å². The van der Waals surface area contributed by atoms with Gasteiger partial charge in [-0.15, -0.1) is 0 Å². The molecule has 29 heavy (non-hydrogen) atoms. The van der Waals surface area contributed by atoms with Gasteiger partial charge in [0.25, 0.3) is 5.91 Å². The van der Waals surface area contributed by atoms with Crippen molar-refractivity contribution in [2.24, 2.45) is 5.14 Å². The number of hydrogen-bond acceptors (Lipinski definition) is 5. The van der Waals surface area contributed by atoms with Gasteiger partial charge in [-0.05, 0) is 50.6 Å². The highest BCUT2D eigenvalue weighted by atomic mass is 32.2. The molecule has 0 fully saturated rings. The van der Waals surface area contributed by atoms with Gasteiger partial charge in [0, 0.05) is 18.4 Å². The number of hydrogen-bond donors (Lipinski definition) is 2. The Bertz CT molecular complexity index is 1250. The summed E-state index contributed by atoms with van der Waals surface area (Å²) < 4.78 is 24.5. The van der Waals surface area contributed by atoms with Crippen LogP contribution in [0, 0.1) is 6.92 Å². The summed E-state index contributed by atoms with van der Waals surface area (Å²) in [6.45, 7) is 6.05. The summed E-state index contributed by atoms with van der Waals surface area (Å²) in [7, 11) is -3.79. The summed E-state index contributed by atoms with van der Waals surface area (Å²) in [5.74, 6) is -0.511. The van der Waals surface area contributed by atoms with Gasteiger partial charge < -0.3 is 9.88 Å². The monoisotopic (exact) mass is 414 g/mol. The van der Waals surface area contributed by atoms with Crippen molar-refractivity contribution in [3.05, 3.63) is 69.6 Å². The standard InChI is InChI=1S/C20H22N4O4S/c1-4-24-11-17(18(25)16-10-5-12(2)22-19(16)24)20(26)23-13(3)14-6-8-15(9-7-14)29(21,27)28/h5-11,13H,4H2,1-3H3,(H,23,26)(H2,21,27,28)/t13-/m0/s1. The van der Waals surface area contributed by atoms with Crippen LogP contribution in [0.1, 0.15) is 41.5 Å². The Balaban J connectivity index is 1.92. The summed E-state index contributed by atoms with van der Waals surface area (Å²) in [4.78, 5) is 30.0. The Hall–Kier alpha value is -3.04. The van der Waals surface area contributed by atoms with E-state index in [1.807, 2.05) is 13.8 Å². The SMILES string of the molecule is CCn1cc(C(=O)N[C@@H](C)c2ccc(S(N)(=O)=O)cc2)c(=O)c2ccc(C)nc21. The molecule has 0 radical (unpaired) electrons. The number of benzene rings is 1. The van der Waals surface area contributed by atoms with Gasteiger partial charge in [0.15, 0.2) is 0 Å². The van der Waals surface area contributed by atoms with E-state index in [2.05, 4.69) is 10.3 Å². The molecule has 3 rings (SSSR count). The van der Waals surface area contributed by atoms with Crippen LogP contribution >= 0.6 is 0 Å². The highest BCUT2D eigenvalue weighted by molar-refractivity contribution is 7.89. The number of sulfonamides is 1. The molecule has 1 aromatic carbocycles. The van der Waals surface area contributed by atoms with Crippen LogP contribution in [-0.4, -0.2) is 23.9 Å². The molecule has 0 aliphatic rings. The first-order valence-corrected chi connectivity index (χ1v) is 10.6. The summed E-state index contributed by atoms with van der Waals surface area (Å²) in [6, 6.07) is 8.87. The molecule has 0 saturated carbocycles. The predicted octanol–water partition coefficient (Wildman–Crippen LogP) is 1.86. The minimum Gasteiger partial charge on any atom is -0.345 e.